The van der Waals surface area contributed by atoms with E-state index in [0.29, 0.717) is 5.92 Å². The van der Waals surface area contributed by atoms with Crippen LogP contribution in [0.25, 0.3) is 0 Å². The second-order valence-electron chi connectivity index (χ2n) is 4.36. The minimum absolute atomic E-state index is 0.181. The van der Waals surface area contributed by atoms with E-state index in [9.17, 15) is 4.79 Å². The first-order valence-electron chi connectivity index (χ1n) is 6.19. The van der Waals surface area contributed by atoms with Crippen LogP contribution in [0.2, 0.25) is 0 Å². The largest absolute Gasteiger partial charge is 0.349 e. The molecular weight excluding hydrogens is 218 g/mol. The second-order valence-corrected chi connectivity index (χ2v) is 4.36. The van der Waals surface area contributed by atoms with Crippen LogP contribution in [0.15, 0.2) is 0 Å². The number of nitrogens with one attached hydrogen (secondary N) is 3. The Kier molecular flexibility index (Phi) is 4.08. The fraction of sp³-hybridized carbons (Fsp3) is 0.727. The summed E-state index contributed by atoms with van der Waals surface area (Å²) in [6, 6.07) is 0. The zero-order valence-corrected chi connectivity index (χ0v) is 10.1. The Morgan fingerprint density at radius 1 is 1.47 bits per heavy atom. The zero-order chi connectivity index (χ0) is 12.1. The van der Waals surface area contributed by atoms with Crippen LogP contribution >= 0.6 is 0 Å². The number of nitrogens with zero attached hydrogens (tertiary/aromatic N) is 2. The highest BCUT2D eigenvalue weighted by molar-refractivity contribution is 5.90. The van der Waals surface area contributed by atoms with Gasteiger partial charge in [0.2, 0.25) is 5.82 Å². The lowest BCUT2D eigenvalue weighted by atomic mass is 9.98. The Balaban J connectivity index is 1.80. The Hall–Kier alpha value is -1.43. The van der Waals surface area contributed by atoms with E-state index in [0.717, 1.165) is 44.7 Å². The van der Waals surface area contributed by atoms with E-state index in [1.807, 2.05) is 6.92 Å². The number of aromatic amines is 1. The minimum Gasteiger partial charge on any atom is -0.349 e. The van der Waals surface area contributed by atoms with Crippen LogP contribution in [0.1, 0.15) is 36.2 Å². The monoisotopic (exact) mass is 237 g/mol. The molecule has 94 valence electrons. The maximum absolute atomic E-state index is 11.7. The van der Waals surface area contributed by atoms with Crippen molar-refractivity contribution in [3.8, 4) is 0 Å². The van der Waals surface area contributed by atoms with Crippen molar-refractivity contribution in [2.75, 3.05) is 19.6 Å². The summed E-state index contributed by atoms with van der Waals surface area (Å²) in [4.78, 5) is 15.8. The molecule has 0 radical (unpaired) electrons. The molecule has 1 saturated heterocycles. The van der Waals surface area contributed by atoms with Crippen molar-refractivity contribution >= 4 is 5.91 Å². The summed E-state index contributed by atoms with van der Waals surface area (Å²) in [6.07, 6.45) is 3.00. The Morgan fingerprint density at radius 3 is 2.88 bits per heavy atom. The van der Waals surface area contributed by atoms with Crippen LogP contribution in [0.3, 0.4) is 0 Å². The molecular formula is C11H19N5O. The van der Waals surface area contributed by atoms with Gasteiger partial charge in [-0.1, -0.05) is 6.92 Å². The predicted octanol–water partition coefficient (Wildman–Crippen LogP) is 0.0965. The van der Waals surface area contributed by atoms with Crippen molar-refractivity contribution in [1.29, 1.82) is 0 Å². The van der Waals surface area contributed by atoms with Gasteiger partial charge in [-0.15, -0.1) is 5.10 Å². The molecule has 1 aliphatic rings. The molecule has 0 spiro atoms. The molecule has 3 N–H and O–H groups in total. The lowest BCUT2D eigenvalue weighted by Gasteiger charge is -2.22. The lowest BCUT2D eigenvalue weighted by molar-refractivity contribution is 0.0934. The van der Waals surface area contributed by atoms with Crippen molar-refractivity contribution in [3.05, 3.63) is 11.6 Å². The van der Waals surface area contributed by atoms with E-state index < -0.39 is 0 Å². The van der Waals surface area contributed by atoms with E-state index in [2.05, 4.69) is 25.8 Å². The van der Waals surface area contributed by atoms with Crippen LogP contribution < -0.4 is 10.6 Å². The van der Waals surface area contributed by atoms with Gasteiger partial charge in [0.25, 0.3) is 5.91 Å². The van der Waals surface area contributed by atoms with Crippen molar-refractivity contribution in [3.63, 3.8) is 0 Å². The minimum atomic E-state index is -0.181. The normalized spacial score (nSPS) is 17.0. The fourth-order valence-electron chi connectivity index (χ4n) is 1.96. The zero-order valence-electron chi connectivity index (χ0n) is 10.1. The number of amides is 1. The van der Waals surface area contributed by atoms with E-state index in [-0.39, 0.29) is 11.7 Å². The fourth-order valence-corrected chi connectivity index (χ4v) is 1.96. The van der Waals surface area contributed by atoms with Gasteiger partial charge < -0.3 is 10.6 Å². The maximum Gasteiger partial charge on any atom is 0.290 e. The molecule has 1 aromatic rings. The molecule has 0 saturated carbocycles. The first kappa shape index (κ1) is 12.0. The third-order valence-corrected chi connectivity index (χ3v) is 3.08. The Bertz CT molecular complexity index is 370. The van der Waals surface area contributed by atoms with Gasteiger partial charge in [0, 0.05) is 13.0 Å². The molecule has 0 bridgehead atoms. The van der Waals surface area contributed by atoms with Gasteiger partial charge in [0.15, 0.2) is 0 Å². The number of carbonyl (C=O) groups excluding carboxylic acids is 1. The summed E-state index contributed by atoms with van der Waals surface area (Å²) >= 11 is 0. The average molecular weight is 237 g/mol. The van der Waals surface area contributed by atoms with Gasteiger partial charge in [0.05, 0.1) is 0 Å². The van der Waals surface area contributed by atoms with Crippen molar-refractivity contribution in [2.45, 2.75) is 26.2 Å². The third-order valence-electron chi connectivity index (χ3n) is 3.08. The van der Waals surface area contributed by atoms with Crippen molar-refractivity contribution in [2.24, 2.45) is 5.92 Å². The second kappa shape index (κ2) is 5.77. The van der Waals surface area contributed by atoms with Gasteiger partial charge in [-0.3, -0.25) is 9.89 Å². The number of aromatic nitrogens is 3. The first-order valence-corrected chi connectivity index (χ1v) is 6.19. The number of aryl methyl sites for hydroxylation is 1. The van der Waals surface area contributed by atoms with Crippen LogP contribution in [-0.4, -0.2) is 40.7 Å². The van der Waals surface area contributed by atoms with Crippen LogP contribution in [0.5, 0.6) is 0 Å². The quantitative estimate of drug-likeness (QED) is 0.693. The number of piperidine rings is 1. The molecule has 6 nitrogen and oxygen atoms in total. The first-order chi connectivity index (χ1) is 8.29. The summed E-state index contributed by atoms with van der Waals surface area (Å²) in [6.45, 7) is 4.77. The highest BCUT2D eigenvalue weighted by atomic mass is 16.2. The van der Waals surface area contributed by atoms with Gasteiger partial charge in [-0.05, 0) is 31.8 Å². The standard InChI is InChI=1S/C11H19N5O/c1-2-9-14-10(16-15-9)11(17)13-7-8-3-5-12-6-4-8/h8,12H,2-7H2,1H3,(H,13,17)(H,14,15,16). The summed E-state index contributed by atoms with van der Waals surface area (Å²) in [5.41, 5.74) is 0. The molecule has 0 unspecified atom stereocenters. The van der Waals surface area contributed by atoms with Crippen LogP contribution in [0.4, 0.5) is 0 Å². The molecule has 6 heteroatoms. The number of H-pyrrole nitrogens is 1. The summed E-state index contributed by atoms with van der Waals surface area (Å²) < 4.78 is 0. The van der Waals surface area contributed by atoms with E-state index in [1.165, 1.54) is 0 Å². The molecule has 2 rings (SSSR count). The molecule has 1 fully saturated rings. The summed E-state index contributed by atoms with van der Waals surface area (Å²) in [5, 5.41) is 12.8. The van der Waals surface area contributed by atoms with Crippen molar-refractivity contribution in [1.82, 2.24) is 25.8 Å². The smallest absolute Gasteiger partial charge is 0.290 e. The summed E-state index contributed by atoms with van der Waals surface area (Å²) in [7, 11) is 0. The highest BCUT2D eigenvalue weighted by Gasteiger charge is 2.16. The van der Waals surface area contributed by atoms with E-state index >= 15 is 0 Å². The molecule has 1 amide bonds. The predicted molar refractivity (Wildman–Crippen MR) is 63.7 cm³/mol. The molecule has 1 aliphatic heterocycles. The molecule has 17 heavy (non-hydrogen) atoms. The van der Waals surface area contributed by atoms with Gasteiger partial charge in [-0.25, -0.2) is 4.98 Å². The van der Waals surface area contributed by atoms with E-state index in [1.54, 1.807) is 0 Å². The molecule has 1 aromatic heterocycles. The third kappa shape index (κ3) is 3.26. The molecule has 0 atom stereocenters. The van der Waals surface area contributed by atoms with Crippen LogP contribution in [-0.2, 0) is 6.42 Å². The Morgan fingerprint density at radius 2 is 2.24 bits per heavy atom. The molecule has 0 aliphatic carbocycles. The molecule has 2 heterocycles. The van der Waals surface area contributed by atoms with Crippen LogP contribution in [0, 0.1) is 5.92 Å². The van der Waals surface area contributed by atoms with Gasteiger partial charge >= 0.3 is 0 Å². The summed E-state index contributed by atoms with van der Waals surface area (Å²) in [5.74, 6) is 1.39. The van der Waals surface area contributed by atoms with Gasteiger partial charge in [-0.2, -0.15) is 0 Å². The highest BCUT2D eigenvalue weighted by Crippen LogP contribution is 2.09. The lowest BCUT2D eigenvalue weighted by Crippen LogP contribution is -2.36. The Labute approximate surface area is 101 Å². The number of hydrogen-bond acceptors (Lipinski definition) is 4. The number of rotatable bonds is 4. The average Bonchev–Trinajstić information content (AvgIpc) is 2.86. The number of hydrogen-bond donors (Lipinski definition) is 3. The SMILES string of the molecule is CCc1nc(C(=O)NCC2CCNCC2)n[nH]1. The molecule has 0 aromatic carbocycles. The number of carbonyl (C=O) groups is 1. The maximum atomic E-state index is 11.7. The van der Waals surface area contributed by atoms with Crippen molar-refractivity contribution < 1.29 is 4.79 Å². The van der Waals surface area contributed by atoms with Gasteiger partial charge in [0.1, 0.15) is 5.82 Å². The van der Waals surface area contributed by atoms with E-state index in [4.69, 9.17) is 0 Å². The topological polar surface area (TPSA) is 82.7 Å².